The number of nitrogens with two attached hydrogens (primary N) is 2. The molecule has 0 radical (unpaired) electrons. The molecule has 0 saturated carbocycles. The number of amides is 2. The van der Waals surface area contributed by atoms with E-state index in [-0.39, 0.29) is 16.9 Å². The quantitative estimate of drug-likeness (QED) is 0.860. The van der Waals surface area contributed by atoms with Crippen LogP contribution in [0, 0.1) is 18.3 Å². The summed E-state index contributed by atoms with van der Waals surface area (Å²) in [5, 5.41) is 8.94. The molecule has 20 heavy (non-hydrogen) atoms. The molecule has 6 nitrogen and oxygen atoms in total. The van der Waals surface area contributed by atoms with E-state index in [1.54, 1.807) is 6.92 Å². The molecule has 4 N–H and O–H groups in total. The van der Waals surface area contributed by atoms with Crippen molar-refractivity contribution in [2.75, 3.05) is 0 Å². The molecule has 0 heterocycles. The monoisotopic (exact) mass is 277 g/mol. The van der Waals surface area contributed by atoms with E-state index >= 15 is 0 Å². The summed E-state index contributed by atoms with van der Waals surface area (Å²) in [6.07, 6.45) is -0.861. The first-order valence-corrected chi connectivity index (χ1v) is 6.17. The standard InChI is InChI=1S/C12H13N3O3.C2H6/c1-6-8(5-13)3-9(4-10(6)12(15)17)18-7(2)11(14)16;1-2/h3-4,7H,1-2H3,(H2,14,16)(H2,15,17);1-2H3. The molecule has 0 aliphatic heterocycles. The van der Waals surface area contributed by atoms with E-state index in [9.17, 15) is 9.59 Å². The van der Waals surface area contributed by atoms with Gasteiger partial charge in [0.25, 0.3) is 5.91 Å². The molecule has 0 aromatic heterocycles. The average Bonchev–Trinajstić information content (AvgIpc) is 2.42. The highest BCUT2D eigenvalue weighted by Crippen LogP contribution is 2.22. The van der Waals surface area contributed by atoms with Crippen LogP contribution in [0.4, 0.5) is 0 Å². The number of hydrogen-bond acceptors (Lipinski definition) is 4. The average molecular weight is 277 g/mol. The van der Waals surface area contributed by atoms with Gasteiger partial charge in [-0.15, -0.1) is 0 Å². The van der Waals surface area contributed by atoms with E-state index in [0.717, 1.165) is 0 Å². The number of nitriles is 1. The van der Waals surface area contributed by atoms with E-state index < -0.39 is 17.9 Å². The smallest absolute Gasteiger partial charge is 0.258 e. The topological polar surface area (TPSA) is 119 Å². The van der Waals surface area contributed by atoms with Crippen molar-refractivity contribution >= 4 is 11.8 Å². The number of benzene rings is 1. The van der Waals surface area contributed by atoms with Gasteiger partial charge in [-0.2, -0.15) is 5.26 Å². The van der Waals surface area contributed by atoms with Crippen LogP contribution in [-0.4, -0.2) is 17.9 Å². The van der Waals surface area contributed by atoms with Crippen LogP contribution in [0.3, 0.4) is 0 Å². The lowest BCUT2D eigenvalue weighted by Crippen LogP contribution is -2.30. The van der Waals surface area contributed by atoms with Gasteiger partial charge in [0, 0.05) is 5.56 Å². The van der Waals surface area contributed by atoms with Crippen molar-refractivity contribution < 1.29 is 14.3 Å². The van der Waals surface area contributed by atoms with Gasteiger partial charge in [0.1, 0.15) is 5.75 Å². The van der Waals surface area contributed by atoms with Gasteiger partial charge >= 0.3 is 0 Å². The lowest BCUT2D eigenvalue weighted by atomic mass is 10.0. The number of primary amides is 2. The number of carbonyl (C=O) groups is 2. The molecule has 0 bridgehead atoms. The predicted octanol–water partition coefficient (Wildman–Crippen LogP) is 1.24. The Kier molecular flexibility index (Phi) is 6.80. The van der Waals surface area contributed by atoms with Crippen molar-refractivity contribution in [1.82, 2.24) is 0 Å². The zero-order valence-electron chi connectivity index (χ0n) is 12.1. The van der Waals surface area contributed by atoms with Gasteiger partial charge in [-0.25, -0.2) is 0 Å². The Morgan fingerprint density at radius 1 is 1.30 bits per heavy atom. The van der Waals surface area contributed by atoms with Crippen LogP contribution in [0.1, 0.15) is 42.3 Å². The molecule has 1 unspecified atom stereocenters. The predicted molar refractivity (Wildman–Crippen MR) is 75.0 cm³/mol. The van der Waals surface area contributed by atoms with Gasteiger partial charge in [0.15, 0.2) is 6.10 Å². The third-order valence-electron chi connectivity index (χ3n) is 2.48. The summed E-state index contributed by atoms with van der Waals surface area (Å²) in [7, 11) is 0. The van der Waals surface area contributed by atoms with Crippen molar-refractivity contribution in [1.29, 1.82) is 5.26 Å². The van der Waals surface area contributed by atoms with Gasteiger partial charge in [0.2, 0.25) is 5.91 Å². The number of hydrogen-bond donors (Lipinski definition) is 2. The van der Waals surface area contributed by atoms with Crippen LogP contribution in [-0.2, 0) is 4.79 Å². The van der Waals surface area contributed by atoms with Crippen LogP contribution in [0.15, 0.2) is 12.1 Å². The van der Waals surface area contributed by atoms with Gasteiger partial charge in [-0.1, -0.05) is 13.8 Å². The van der Waals surface area contributed by atoms with Crippen molar-refractivity contribution in [3.8, 4) is 11.8 Å². The molecule has 2 amide bonds. The van der Waals surface area contributed by atoms with Crippen molar-refractivity contribution in [2.24, 2.45) is 11.5 Å². The Labute approximate surface area is 118 Å². The Balaban J connectivity index is 0.00000172. The largest absolute Gasteiger partial charge is 0.481 e. The first-order chi connectivity index (χ1) is 9.36. The molecular weight excluding hydrogens is 258 g/mol. The maximum absolute atomic E-state index is 11.2. The zero-order valence-corrected chi connectivity index (χ0v) is 12.1. The van der Waals surface area contributed by atoms with Gasteiger partial charge < -0.3 is 16.2 Å². The fraction of sp³-hybridized carbons (Fsp3) is 0.357. The van der Waals surface area contributed by atoms with Crippen molar-refractivity contribution in [3.05, 3.63) is 28.8 Å². The summed E-state index contributed by atoms with van der Waals surface area (Å²) in [6.45, 7) is 7.08. The molecule has 0 aliphatic rings. The molecule has 1 atom stereocenters. The minimum absolute atomic E-state index is 0.181. The molecule has 108 valence electrons. The Hall–Kier alpha value is -2.55. The van der Waals surface area contributed by atoms with Crippen LogP contribution in [0.5, 0.6) is 5.75 Å². The number of rotatable bonds is 4. The van der Waals surface area contributed by atoms with Crippen LogP contribution in [0.25, 0.3) is 0 Å². The normalized spacial score (nSPS) is 10.6. The van der Waals surface area contributed by atoms with E-state index in [4.69, 9.17) is 21.5 Å². The van der Waals surface area contributed by atoms with E-state index in [1.807, 2.05) is 19.9 Å². The summed E-state index contributed by atoms with van der Waals surface area (Å²) in [6, 6.07) is 4.75. The van der Waals surface area contributed by atoms with Crippen molar-refractivity contribution in [2.45, 2.75) is 33.8 Å². The molecule has 0 spiro atoms. The molecule has 1 aromatic carbocycles. The first-order valence-electron chi connectivity index (χ1n) is 6.17. The number of ether oxygens (including phenoxy) is 1. The summed E-state index contributed by atoms with van der Waals surface area (Å²) >= 11 is 0. The molecule has 1 aromatic rings. The second-order valence-electron chi connectivity index (χ2n) is 3.78. The fourth-order valence-electron chi connectivity index (χ4n) is 1.39. The highest BCUT2D eigenvalue weighted by Gasteiger charge is 2.15. The molecule has 0 aliphatic carbocycles. The fourth-order valence-corrected chi connectivity index (χ4v) is 1.39. The Morgan fingerprint density at radius 3 is 2.25 bits per heavy atom. The maximum Gasteiger partial charge on any atom is 0.258 e. The van der Waals surface area contributed by atoms with E-state index in [1.165, 1.54) is 19.1 Å². The van der Waals surface area contributed by atoms with E-state index in [2.05, 4.69) is 0 Å². The first kappa shape index (κ1) is 17.4. The zero-order chi connectivity index (χ0) is 15.9. The van der Waals surface area contributed by atoms with Crippen LogP contribution in [0.2, 0.25) is 0 Å². The summed E-state index contributed by atoms with van der Waals surface area (Å²) < 4.78 is 5.23. The molecule has 0 fully saturated rings. The Morgan fingerprint density at radius 2 is 1.85 bits per heavy atom. The summed E-state index contributed by atoms with van der Waals surface area (Å²) in [5.41, 5.74) is 11.2. The minimum Gasteiger partial charge on any atom is -0.481 e. The lowest BCUT2D eigenvalue weighted by Gasteiger charge is -2.13. The molecular formula is C14H19N3O3. The minimum atomic E-state index is -0.861. The van der Waals surface area contributed by atoms with Gasteiger partial charge in [0.05, 0.1) is 11.6 Å². The van der Waals surface area contributed by atoms with Crippen LogP contribution < -0.4 is 16.2 Å². The molecule has 0 saturated heterocycles. The Bertz CT molecular complexity index is 547. The van der Waals surface area contributed by atoms with E-state index in [0.29, 0.717) is 5.56 Å². The van der Waals surface area contributed by atoms with Crippen molar-refractivity contribution in [3.63, 3.8) is 0 Å². The van der Waals surface area contributed by atoms with Crippen LogP contribution >= 0.6 is 0 Å². The summed E-state index contributed by atoms with van der Waals surface area (Å²) in [4.78, 5) is 22.1. The number of carbonyl (C=O) groups excluding carboxylic acids is 2. The second kappa shape index (κ2) is 7.79. The third-order valence-corrected chi connectivity index (χ3v) is 2.48. The SMILES string of the molecule is CC.Cc1c(C#N)cc(OC(C)C(N)=O)cc1C(N)=O. The third kappa shape index (κ3) is 4.28. The molecule has 1 rings (SSSR count). The second-order valence-corrected chi connectivity index (χ2v) is 3.78. The van der Waals surface area contributed by atoms with Gasteiger partial charge in [-0.3, -0.25) is 9.59 Å². The number of nitrogens with zero attached hydrogens (tertiary/aromatic N) is 1. The van der Waals surface area contributed by atoms with Gasteiger partial charge in [-0.05, 0) is 31.5 Å². The molecule has 6 heteroatoms. The summed E-state index contributed by atoms with van der Waals surface area (Å²) in [5.74, 6) is -1.10. The maximum atomic E-state index is 11.2. The lowest BCUT2D eigenvalue weighted by molar-refractivity contribution is -0.123. The highest BCUT2D eigenvalue weighted by molar-refractivity contribution is 5.95. The highest BCUT2D eigenvalue weighted by atomic mass is 16.5.